The van der Waals surface area contributed by atoms with Gasteiger partial charge in [-0.05, 0) is 38.8 Å². The van der Waals surface area contributed by atoms with Gasteiger partial charge in [-0.15, -0.1) is 24.0 Å². The number of guanidine groups is 1. The molecule has 0 saturated heterocycles. The van der Waals surface area contributed by atoms with E-state index in [1.807, 2.05) is 42.7 Å². The molecule has 2 heterocycles. The Morgan fingerprint density at radius 3 is 2.54 bits per heavy atom. The van der Waals surface area contributed by atoms with Crippen LogP contribution in [0.2, 0.25) is 5.02 Å². The summed E-state index contributed by atoms with van der Waals surface area (Å²) in [5.74, 6) is 0.902. The monoisotopic (exact) mass is 492 g/mol. The topological polar surface area (TPSA) is 50.4 Å². The highest BCUT2D eigenvalue weighted by atomic mass is 127. The summed E-state index contributed by atoms with van der Waals surface area (Å²) in [5.41, 5.74) is 4.74. The zero-order valence-corrected chi connectivity index (χ0v) is 19.6. The fraction of sp³-hybridized carbons (Fsp3) is 0.556. The van der Waals surface area contributed by atoms with Crippen LogP contribution in [0.3, 0.4) is 0 Å². The van der Waals surface area contributed by atoms with Gasteiger partial charge in [0.25, 0.3) is 0 Å². The SMILES string of the molecule is CCNC(=NCCc1c(C)nn(C)c1C)N(C)Cc1cc(Cl)cn1C.I. The zero-order valence-electron chi connectivity index (χ0n) is 16.5. The molecule has 0 amide bonds. The molecule has 26 heavy (non-hydrogen) atoms. The first-order valence-electron chi connectivity index (χ1n) is 8.62. The van der Waals surface area contributed by atoms with Crippen molar-refractivity contribution in [3.05, 3.63) is 39.9 Å². The van der Waals surface area contributed by atoms with Gasteiger partial charge in [0.2, 0.25) is 0 Å². The molecule has 0 unspecified atom stereocenters. The Kier molecular flexibility index (Phi) is 8.95. The molecule has 0 aliphatic rings. The van der Waals surface area contributed by atoms with Crippen LogP contribution in [0.4, 0.5) is 0 Å². The van der Waals surface area contributed by atoms with E-state index in [0.717, 1.165) is 48.4 Å². The molecule has 2 rings (SSSR count). The van der Waals surface area contributed by atoms with Gasteiger partial charge >= 0.3 is 0 Å². The Balaban J connectivity index is 0.00000338. The third kappa shape index (κ3) is 5.64. The van der Waals surface area contributed by atoms with Gasteiger partial charge in [0.05, 0.1) is 17.3 Å². The van der Waals surface area contributed by atoms with Crippen molar-refractivity contribution >= 4 is 41.5 Å². The number of aliphatic imine (C=N–C) groups is 1. The minimum absolute atomic E-state index is 0. The van der Waals surface area contributed by atoms with Crippen LogP contribution in [0.5, 0.6) is 0 Å². The van der Waals surface area contributed by atoms with Crippen molar-refractivity contribution in [2.24, 2.45) is 19.1 Å². The summed E-state index contributed by atoms with van der Waals surface area (Å²) in [6.45, 7) is 8.56. The summed E-state index contributed by atoms with van der Waals surface area (Å²) < 4.78 is 3.98. The van der Waals surface area contributed by atoms with Crippen LogP contribution >= 0.6 is 35.6 Å². The summed E-state index contributed by atoms with van der Waals surface area (Å²) in [4.78, 5) is 6.91. The van der Waals surface area contributed by atoms with Gasteiger partial charge in [0, 0.05) is 51.8 Å². The lowest BCUT2D eigenvalue weighted by Crippen LogP contribution is -2.39. The van der Waals surface area contributed by atoms with Gasteiger partial charge < -0.3 is 14.8 Å². The van der Waals surface area contributed by atoms with E-state index in [-0.39, 0.29) is 24.0 Å². The Bertz CT molecular complexity index is 749. The van der Waals surface area contributed by atoms with Crippen molar-refractivity contribution in [1.82, 2.24) is 24.6 Å². The first-order valence-corrected chi connectivity index (χ1v) is 9.00. The molecule has 0 aromatic carbocycles. The Hall–Kier alpha value is -1.22. The number of nitrogens with zero attached hydrogens (tertiary/aromatic N) is 5. The van der Waals surface area contributed by atoms with Crippen LogP contribution < -0.4 is 5.32 Å². The van der Waals surface area contributed by atoms with Crippen LogP contribution in [0.25, 0.3) is 0 Å². The first kappa shape index (κ1) is 22.8. The average molecular weight is 493 g/mol. The molecule has 6 nitrogen and oxygen atoms in total. The van der Waals surface area contributed by atoms with Crippen LogP contribution in [0.1, 0.15) is 29.6 Å². The fourth-order valence-electron chi connectivity index (χ4n) is 2.96. The smallest absolute Gasteiger partial charge is 0.194 e. The highest BCUT2D eigenvalue weighted by molar-refractivity contribution is 14.0. The van der Waals surface area contributed by atoms with E-state index in [1.165, 1.54) is 11.3 Å². The minimum Gasteiger partial charge on any atom is -0.357 e. The maximum atomic E-state index is 6.08. The Morgan fingerprint density at radius 1 is 1.35 bits per heavy atom. The maximum absolute atomic E-state index is 6.08. The van der Waals surface area contributed by atoms with E-state index < -0.39 is 0 Å². The number of rotatable bonds is 6. The molecule has 0 aliphatic heterocycles. The summed E-state index contributed by atoms with van der Waals surface area (Å²) in [7, 11) is 6.04. The lowest BCUT2D eigenvalue weighted by Gasteiger charge is -2.22. The van der Waals surface area contributed by atoms with Gasteiger partial charge in [0.15, 0.2) is 5.96 Å². The van der Waals surface area contributed by atoms with Crippen molar-refractivity contribution in [2.45, 2.75) is 33.7 Å². The number of halogens is 2. The summed E-state index contributed by atoms with van der Waals surface area (Å²) >= 11 is 6.08. The number of nitrogens with one attached hydrogen (secondary N) is 1. The molecule has 0 fully saturated rings. The second kappa shape index (κ2) is 10.2. The van der Waals surface area contributed by atoms with Gasteiger partial charge in [-0.3, -0.25) is 9.67 Å². The van der Waals surface area contributed by atoms with Crippen LogP contribution in [-0.2, 0) is 27.1 Å². The average Bonchev–Trinajstić information content (AvgIpc) is 2.98. The Morgan fingerprint density at radius 2 is 2.04 bits per heavy atom. The third-order valence-corrected chi connectivity index (χ3v) is 4.66. The van der Waals surface area contributed by atoms with Gasteiger partial charge in [0.1, 0.15) is 0 Å². The maximum Gasteiger partial charge on any atom is 0.194 e. The third-order valence-electron chi connectivity index (χ3n) is 4.45. The summed E-state index contributed by atoms with van der Waals surface area (Å²) in [6, 6.07) is 1.99. The van der Waals surface area contributed by atoms with Gasteiger partial charge in [-0.2, -0.15) is 5.10 Å². The standard InChI is InChI=1S/C18H29ClN6.HI/c1-7-20-18(24(5)12-16-10-15(19)11-23(16)4)21-9-8-17-13(2)22-25(6)14(17)3;/h10-11H,7-9,12H2,1-6H3,(H,20,21);1H. The van der Waals surface area contributed by atoms with Gasteiger partial charge in [-0.1, -0.05) is 11.6 Å². The zero-order chi connectivity index (χ0) is 18.6. The van der Waals surface area contributed by atoms with Crippen molar-refractivity contribution in [3.8, 4) is 0 Å². The molecule has 0 atom stereocenters. The van der Waals surface area contributed by atoms with E-state index in [0.29, 0.717) is 0 Å². The van der Waals surface area contributed by atoms with Crippen molar-refractivity contribution < 1.29 is 0 Å². The second-order valence-electron chi connectivity index (χ2n) is 6.38. The van der Waals surface area contributed by atoms with Crippen molar-refractivity contribution in [3.63, 3.8) is 0 Å². The quantitative estimate of drug-likeness (QED) is 0.382. The Labute approximate surface area is 178 Å². The van der Waals surface area contributed by atoms with Gasteiger partial charge in [-0.25, -0.2) is 0 Å². The number of aryl methyl sites for hydroxylation is 3. The van der Waals surface area contributed by atoms with E-state index in [2.05, 4.69) is 36.1 Å². The molecule has 0 aliphatic carbocycles. The molecule has 0 saturated carbocycles. The molecule has 1 N–H and O–H groups in total. The highest BCUT2D eigenvalue weighted by Crippen LogP contribution is 2.15. The predicted octanol–water partition coefficient (Wildman–Crippen LogP) is 3.29. The molecule has 8 heteroatoms. The van der Waals surface area contributed by atoms with E-state index in [4.69, 9.17) is 16.6 Å². The largest absolute Gasteiger partial charge is 0.357 e. The normalized spacial score (nSPS) is 11.4. The molecule has 2 aromatic heterocycles. The van der Waals surface area contributed by atoms with E-state index in [9.17, 15) is 0 Å². The molecule has 146 valence electrons. The number of aromatic nitrogens is 3. The summed E-state index contributed by atoms with van der Waals surface area (Å²) in [5, 5.41) is 8.60. The fourth-order valence-corrected chi connectivity index (χ4v) is 3.24. The van der Waals surface area contributed by atoms with Crippen molar-refractivity contribution in [2.75, 3.05) is 20.1 Å². The number of hydrogen-bond donors (Lipinski definition) is 1. The van der Waals surface area contributed by atoms with Crippen LogP contribution in [0, 0.1) is 13.8 Å². The molecular formula is C18H30ClIN6. The molecule has 0 radical (unpaired) electrons. The highest BCUT2D eigenvalue weighted by Gasteiger charge is 2.11. The first-order chi connectivity index (χ1) is 11.8. The number of hydrogen-bond acceptors (Lipinski definition) is 2. The van der Waals surface area contributed by atoms with E-state index in [1.54, 1.807) is 0 Å². The molecule has 0 bridgehead atoms. The van der Waals surface area contributed by atoms with Crippen LogP contribution in [-0.4, -0.2) is 45.3 Å². The van der Waals surface area contributed by atoms with Crippen molar-refractivity contribution in [1.29, 1.82) is 0 Å². The molecular weight excluding hydrogens is 463 g/mol. The minimum atomic E-state index is 0. The lowest BCUT2D eigenvalue weighted by atomic mass is 10.1. The van der Waals surface area contributed by atoms with Crippen LogP contribution in [0.15, 0.2) is 17.3 Å². The summed E-state index contributed by atoms with van der Waals surface area (Å²) in [6.07, 6.45) is 2.81. The second-order valence-corrected chi connectivity index (χ2v) is 6.81. The molecule has 2 aromatic rings. The molecule has 0 spiro atoms. The van der Waals surface area contributed by atoms with E-state index >= 15 is 0 Å². The lowest BCUT2D eigenvalue weighted by molar-refractivity contribution is 0.462. The predicted molar refractivity (Wildman–Crippen MR) is 120 cm³/mol.